The van der Waals surface area contributed by atoms with Crippen LogP contribution in [-0.2, 0) is 0 Å². The van der Waals surface area contributed by atoms with Crippen molar-refractivity contribution in [3.63, 3.8) is 0 Å². The van der Waals surface area contributed by atoms with Crippen molar-refractivity contribution in [1.82, 2.24) is 19.9 Å². The Bertz CT molecular complexity index is 1960. The fourth-order valence-corrected chi connectivity index (χ4v) is 4.82. The number of hydrogen-bond acceptors (Lipinski definition) is 5. The first-order chi connectivity index (χ1) is 20.7. The van der Waals surface area contributed by atoms with E-state index in [2.05, 4.69) is 48.5 Å². The van der Waals surface area contributed by atoms with Gasteiger partial charge >= 0.3 is 0 Å². The van der Waals surface area contributed by atoms with Crippen molar-refractivity contribution >= 4 is 12.2 Å². The molecule has 0 fully saturated rings. The van der Waals surface area contributed by atoms with Gasteiger partial charge in [0.15, 0.2) is 0 Å². The summed E-state index contributed by atoms with van der Waals surface area (Å²) in [5.41, 5.74) is 10.2. The van der Waals surface area contributed by atoms with Gasteiger partial charge in [0.25, 0.3) is 0 Å². The highest BCUT2D eigenvalue weighted by atomic mass is 14.8. The number of pyridine rings is 2. The predicted octanol–water partition coefficient (Wildman–Crippen LogP) is 8.76. The minimum Gasteiger partial charge on any atom is -0.256 e. The van der Waals surface area contributed by atoms with E-state index in [4.69, 9.17) is 15.0 Å². The van der Waals surface area contributed by atoms with Gasteiger partial charge in [-0.15, -0.1) is 0 Å². The number of aromatic nitrogens is 4. The summed E-state index contributed by atoms with van der Waals surface area (Å²) in [6.45, 7) is 7.89. The Morgan fingerprint density at radius 3 is 1.69 bits per heavy atom. The zero-order chi connectivity index (χ0) is 28.9. The largest absolute Gasteiger partial charge is 0.256 e. The van der Waals surface area contributed by atoms with Crippen LogP contribution in [0.2, 0.25) is 0 Å². The van der Waals surface area contributed by atoms with Crippen LogP contribution in [0.4, 0.5) is 0 Å². The van der Waals surface area contributed by atoms with Gasteiger partial charge in [-0.05, 0) is 48.6 Å². The van der Waals surface area contributed by atoms with Gasteiger partial charge in [0.1, 0.15) is 0 Å². The number of benzene rings is 3. The molecule has 42 heavy (non-hydrogen) atoms. The SMILES string of the molecule is C=Cc1nc(-c2cccc(C#N)c2)c(-c2cc(-c3ccccc3)nc(-c3ccc(-c4ccccn4)cc3)c2)nc1C=C. The second-order valence-corrected chi connectivity index (χ2v) is 9.58. The first-order valence-corrected chi connectivity index (χ1v) is 13.4. The maximum absolute atomic E-state index is 9.57. The Kier molecular flexibility index (Phi) is 7.27. The molecule has 5 nitrogen and oxygen atoms in total. The van der Waals surface area contributed by atoms with E-state index in [1.165, 1.54) is 0 Å². The molecular weight excluding hydrogens is 514 g/mol. The average molecular weight is 540 g/mol. The van der Waals surface area contributed by atoms with E-state index < -0.39 is 0 Å². The van der Waals surface area contributed by atoms with Gasteiger partial charge < -0.3 is 0 Å². The van der Waals surface area contributed by atoms with Crippen molar-refractivity contribution in [2.45, 2.75) is 0 Å². The molecule has 0 N–H and O–H groups in total. The molecule has 3 aromatic carbocycles. The Hall–Kier alpha value is -5.99. The molecular formula is C37H25N5. The topological polar surface area (TPSA) is 75.3 Å². The van der Waals surface area contributed by atoms with E-state index >= 15 is 0 Å². The molecule has 0 aliphatic carbocycles. The Morgan fingerprint density at radius 1 is 0.524 bits per heavy atom. The van der Waals surface area contributed by atoms with Gasteiger partial charge in [0, 0.05) is 34.0 Å². The summed E-state index contributed by atoms with van der Waals surface area (Å²) >= 11 is 0. The summed E-state index contributed by atoms with van der Waals surface area (Å²) in [4.78, 5) is 19.5. The Balaban J connectivity index is 1.57. The molecule has 6 aromatic rings. The van der Waals surface area contributed by atoms with Crippen LogP contribution in [0, 0.1) is 11.3 Å². The molecule has 0 amide bonds. The summed E-state index contributed by atoms with van der Waals surface area (Å²) < 4.78 is 0. The van der Waals surface area contributed by atoms with Crippen LogP contribution in [-0.4, -0.2) is 19.9 Å². The molecule has 0 unspecified atom stereocenters. The van der Waals surface area contributed by atoms with Crippen LogP contribution in [0.3, 0.4) is 0 Å². The maximum atomic E-state index is 9.57. The third kappa shape index (κ3) is 5.25. The molecule has 0 spiro atoms. The lowest BCUT2D eigenvalue weighted by atomic mass is 9.98. The van der Waals surface area contributed by atoms with E-state index in [0.717, 1.165) is 44.9 Å². The van der Waals surface area contributed by atoms with Gasteiger partial charge in [-0.2, -0.15) is 5.26 Å². The molecule has 6 rings (SSSR count). The number of nitrogens with zero attached hydrogens (tertiary/aromatic N) is 5. The van der Waals surface area contributed by atoms with E-state index in [9.17, 15) is 5.26 Å². The lowest BCUT2D eigenvalue weighted by molar-refractivity contribution is 1.16. The molecule has 0 saturated carbocycles. The standard InChI is InChI=1S/C37H25N5/c1-3-31-32(4-2)42-37(36(41-31)29-14-10-11-25(21-29)24-38)30-22-34(26-12-6-5-7-13-26)40-35(23-30)28-18-16-27(17-19-28)33-15-8-9-20-39-33/h3-23H,1-2H2. The second-order valence-electron chi connectivity index (χ2n) is 9.58. The molecule has 3 aromatic heterocycles. The summed E-state index contributed by atoms with van der Waals surface area (Å²) in [5, 5.41) is 9.57. The summed E-state index contributed by atoms with van der Waals surface area (Å²) in [7, 11) is 0. The molecule has 0 radical (unpaired) electrons. The van der Waals surface area contributed by atoms with Crippen molar-refractivity contribution in [2.24, 2.45) is 0 Å². The van der Waals surface area contributed by atoms with Crippen molar-refractivity contribution in [2.75, 3.05) is 0 Å². The zero-order valence-electron chi connectivity index (χ0n) is 22.8. The Labute approximate surface area is 244 Å². The lowest BCUT2D eigenvalue weighted by Crippen LogP contribution is -2.01. The van der Waals surface area contributed by atoms with Crippen LogP contribution in [0.5, 0.6) is 0 Å². The smallest absolute Gasteiger partial charge is 0.0991 e. The summed E-state index contributed by atoms with van der Waals surface area (Å²) in [6.07, 6.45) is 5.14. The monoisotopic (exact) mass is 539 g/mol. The molecule has 5 heteroatoms. The fourth-order valence-electron chi connectivity index (χ4n) is 4.82. The first kappa shape index (κ1) is 26.2. The van der Waals surface area contributed by atoms with Gasteiger partial charge in [0.05, 0.1) is 51.5 Å². The highest BCUT2D eigenvalue weighted by Crippen LogP contribution is 2.35. The highest BCUT2D eigenvalue weighted by Gasteiger charge is 2.18. The van der Waals surface area contributed by atoms with Crippen LogP contribution >= 0.6 is 0 Å². The fraction of sp³-hybridized carbons (Fsp3) is 0. The summed E-state index contributed by atoms with van der Waals surface area (Å²) in [6, 6.07) is 37.9. The Morgan fingerprint density at radius 2 is 1.10 bits per heavy atom. The van der Waals surface area contributed by atoms with Crippen LogP contribution in [0.1, 0.15) is 17.0 Å². The normalized spacial score (nSPS) is 10.5. The highest BCUT2D eigenvalue weighted by molar-refractivity contribution is 5.84. The average Bonchev–Trinajstić information content (AvgIpc) is 3.08. The van der Waals surface area contributed by atoms with Crippen molar-refractivity contribution < 1.29 is 0 Å². The zero-order valence-corrected chi connectivity index (χ0v) is 22.8. The predicted molar refractivity (Wildman–Crippen MR) is 170 cm³/mol. The maximum Gasteiger partial charge on any atom is 0.0991 e. The van der Waals surface area contributed by atoms with E-state index in [1.807, 2.05) is 78.9 Å². The van der Waals surface area contributed by atoms with Crippen molar-refractivity contribution in [1.29, 1.82) is 5.26 Å². The number of hydrogen-bond donors (Lipinski definition) is 0. The minimum absolute atomic E-state index is 0.543. The van der Waals surface area contributed by atoms with E-state index in [-0.39, 0.29) is 0 Å². The van der Waals surface area contributed by atoms with Crippen LogP contribution in [0.25, 0.3) is 68.4 Å². The quantitative estimate of drug-likeness (QED) is 0.203. The molecule has 0 bridgehead atoms. The molecule has 0 aliphatic heterocycles. The molecule has 0 atom stereocenters. The van der Waals surface area contributed by atoms with E-state index in [0.29, 0.717) is 28.3 Å². The van der Waals surface area contributed by atoms with Crippen molar-refractivity contribution in [3.8, 4) is 62.4 Å². The minimum atomic E-state index is 0.543. The van der Waals surface area contributed by atoms with Gasteiger partial charge in [-0.3, -0.25) is 4.98 Å². The van der Waals surface area contributed by atoms with Gasteiger partial charge in [-0.25, -0.2) is 15.0 Å². The third-order valence-electron chi connectivity index (χ3n) is 6.91. The van der Waals surface area contributed by atoms with Gasteiger partial charge in [-0.1, -0.05) is 86.0 Å². The molecule has 0 aliphatic rings. The lowest BCUT2D eigenvalue weighted by Gasteiger charge is -2.15. The van der Waals surface area contributed by atoms with Crippen molar-refractivity contribution in [3.05, 3.63) is 146 Å². The van der Waals surface area contributed by atoms with E-state index in [1.54, 1.807) is 24.4 Å². The molecule has 0 saturated heterocycles. The molecule has 198 valence electrons. The van der Waals surface area contributed by atoms with Gasteiger partial charge in [0.2, 0.25) is 0 Å². The first-order valence-electron chi connectivity index (χ1n) is 13.4. The second kappa shape index (κ2) is 11.6. The summed E-state index contributed by atoms with van der Waals surface area (Å²) in [5.74, 6) is 0. The third-order valence-corrected chi connectivity index (χ3v) is 6.91. The van der Waals surface area contributed by atoms with Crippen LogP contribution < -0.4 is 0 Å². The number of rotatable bonds is 7. The number of nitriles is 1. The van der Waals surface area contributed by atoms with Crippen LogP contribution in [0.15, 0.2) is 129 Å². The molecule has 3 heterocycles.